The molecule has 0 radical (unpaired) electrons. The van der Waals surface area contributed by atoms with Crippen molar-refractivity contribution >= 4 is 17.4 Å². The van der Waals surface area contributed by atoms with Gasteiger partial charge < -0.3 is 15.8 Å². The van der Waals surface area contributed by atoms with Crippen molar-refractivity contribution in [3.8, 4) is 5.75 Å². The summed E-state index contributed by atoms with van der Waals surface area (Å²) < 4.78 is 5.19. The number of nitrogen functional groups attached to an aromatic ring is 1. The van der Waals surface area contributed by atoms with Gasteiger partial charge in [-0.1, -0.05) is 0 Å². The monoisotopic (exact) mass is 207 g/mol. The maximum Gasteiger partial charge on any atom is 0.322 e. The molecule has 0 aromatic heterocycles. The van der Waals surface area contributed by atoms with E-state index in [1.807, 2.05) is 0 Å². The van der Waals surface area contributed by atoms with Crippen molar-refractivity contribution < 1.29 is 9.53 Å². The van der Waals surface area contributed by atoms with E-state index in [-0.39, 0.29) is 6.03 Å². The van der Waals surface area contributed by atoms with Gasteiger partial charge in [0.1, 0.15) is 5.75 Å². The van der Waals surface area contributed by atoms with Crippen molar-refractivity contribution in [2.24, 2.45) is 0 Å². The summed E-state index contributed by atoms with van der Waals surface area (Å²) in [7, 11) is 1.56. The van der Waals surface area contributed by atoms with Gasteiger partial charge in [0.25, 0.3) is 0 Å². The Labute approximate surface area is 87.8 Å². The normalized spacial score (nSPS) is 15.3. The fourth-order valence-corrected chi connectivity index (χ4v) is 1.62. The van der Waals surface area contributed by atoms with E-state index in [0.717, 1.165) is 5.69 Å². The van der Waals surface area contributed by atoms with Crippen molar-refractivity contribution in [1.29, 1.82) is 0 Å². The summed E-state index contributed by atoms with van der Waals surface area (Å²) in [6.07, 6.45) is 0. The number of hydrogen-bond donors (Lipinski definition) is 2. The zero-order valence-corrected chi connectivity index (χ0v) is 8.49. The van der Waals surface area contributed by atoms with E-state index in [1.165, 1.54) is 0 Å². The van der Waals surface area contributed by atoms with Crippen molar-refractivity contribution in [3.63, 3.8) is 0 Å². The van der Waals surface area contributed by atoms with Gasteiger partial charge in [0.15, 0.2) is 0 Å². The van der Waals surface area contributed by atoms with Crippen molar-refractivity contribution in [3.05, 3.63) is 18.2 Å². The van der Waals surface area contributed by atoms with E-state index in [0.29, 0.717) is 24.5 Å². The second kappa shape index (κ2) is 3.68. The highest BCUT2D eigenvalue weighted by Gasteiger charge is 2.23. The molecule has 1 aromatic carbocycles. The van der Waals surface area contributed by atoms with Gasteiger partial charge in [-0.2, -0.15) is 0 Å². The number of amides is 2. The second-order valence-electron chi connectivity index (χ2n) is 3.31. The molecule has 0 bridgehead atoms. The number of ether oxygens (including phenoxy) is 1. The van der Waals surface area contributed by atoms with Crippen molar-refractivity contribution in [1.82, 2.24) is 5.32 Å². The molecule has 1 aromatic rings. The highest BCUT2D eigenvalue weighted by atomic mass is 16.5. The Hall–Kier alpha value is -1.91. The number of nitrogens with two attached hydrogens (primary N) is 1. The standard InChI is InChI=1S/C10H13N3O2/c1-15-9-6-7(11)2-3-8(9)13-5-4-12-10(13)14/h2-3,6H,4-5,11H2,1H3,(H,12,14). The number of benzene rings is 1. The van der Waals surface area contributed by atoms with Crippen molar-refractivity contribution in [2.45, 2.75) is 0 Å². The number of rotatable bonds is 2. The molecule has 2 amide bonds. The molecule has 1 heterocycles. The van der Waals surface area contributed by atoms with E-state index in [1.54, 1.807) is 30.2 Å². The summed E-state index contributed by atoms with van der Waals surface area (Å²) >= 11 is 0. The summed E-state index contributed by atoms with van der Waals surface area (Å²) in [4.78, 5) is 13.1. The van der Waals surface area contributed by atoms with E-state index in [9.17, 15) is 4.79 Å². The first-order valence-corrected chi connectivity index (χ1v) is 4.71. The molecule has 0 atom stereocenters. The van der Waals surface area contributed by atoms with Crippen LogP contribution in [0.2, 0.25) is 0 Å². The number of anilines is 2. The number of carbonyl (C=O) groups is 1. The van der Waals surface area contributed by atoms with Gasteiger partial charge in [0, 0.05) is 24.8 Å². The first kappa shape index (κ1) is 9.64. The molecule has 15 heavy (non-hydrogen) atoms. The number of carbonyl (C=O) groups excluding carboxylic acids is 1. The van der Waals surface area contributed by atoms with E-state index < -0.39 is 0 Å². The average molecular weight is 207 g/mol. The molecule has 80 valence electrons. The van der Waals surface area contributed by atoms with E-state index in [4.69, 9.17) is 10.5 Å². The van der Waals surface area contributed by atoms with Gasteiger partial charge in [0.05, 0.1) is 12.8 Å². The maximum absolute atomic E-state index is 11.5. The summed E-state index contributed by atoms with van der Waals surface area (Å²) in [5.41, 5.74) is 7.01. The van der Waals surface area contributed by atoms with Crippen LogP contribution in [0.25, 0.3) is 0 Å². The van der Waals surface area contributed by atoms with Crippen LogP contribution >= 0.6 is 0 Å². The van der Waals surface area contributed by atoms with Gasteiger partial charge >= 0.3 is 6.03 Å². The minimum absolute atomic E-state index is 0.0990. The topological polar surface area (TPSA) is 67.6 Å². The lowest BCUT2D eigenvalue weighted by Gasteiger charge is -2.17. The smallest absolute Gasteiger partial charge is 0.322 e. The molecule has 3 N–H and O–H groups in total. The van der Waals surface area contributed by atoms with Gasteiger partial charge in [-0.05, 0) is 12.1 Å². The summed E-state index contributed by atoms with van der Waals surface area (Å²) in [5, 5.41) is 2.73. The molecule has 2 rings (SSSR count). The molecule has 1 fully saturated rings. The molecule has 1 aliphatic rings. The van der Waals surface area contributed by atoms with Crippen LogP contribution in [0.1, 0.15) is 0 Å². The first-order chi connectivity index (χ1) is 7.22. The third-order valence-corrected chi connectivity index (χ3v) is 2.35. The summed E-state index contributed by atoms with van der Waals surface area (Å²) in [5.74, 6) is 0.618. The fourth-order valence-electron chi connectivity index (χ4n) is 1.62. The minimum atomic E-state index is -0.0990. The first-order valence-electron chi connectivity index (χ1n) is 4.71. The lowest BCUT2D eigenvalue weighted by molar-refractivity contribution is 0.252. The Balaban J connectivity index is 2.38. The molecular formula is C10H13N3O2. The Bertz CT molecular complexity index is 392. The highest BCUT2D eigenvalue weighted by Crippen LogP contribution is 2.30. The Kier molecular flexibility index (Phi) is 2.37. The van der Waals surface area contributed by atoms with Crippen LogP contribution in [-0.4, -0.2) is 26.2 Å². The third-order valence-electron chi connectivity index (χ3n) is 2.35. The molecule has 0 spiro atoms. The fraction of sp³-hybridized carbons (Fsp3) is 0.300. The van der Waals surface area contributed by atoms with E-state index >= 15 is 0 Å². The minimum Gasteiger partial charge on any atom is -0.494 e. The molecule has 0 saturated carbocycles. The molecule has 1 aliphatic heterocycles. The van der Waals surface area contributed by atoms with Gasteiger partial charge in [-0.3, -0.25) is 4.90 Å². The van der Waals surface area contributed by atoms with E-state index in [2.05, 4.69) is 5.32 Å². The van der Waals surface area contributed by atoms with Crippen LogP contribution < -0.4 is 20.7 Å². The Morgan fingerprint density at radius 2 is 2.33 bits per heavy atom. The van der Waals surface area contributed by atoms with Crippen molar-refractivity contribution in [2.75, 3.05) is 30.8 Å². The van der Waals surface area contributed by atoms with Gasteiger partial charge in [0.2, 0.25) is 0 Å². The SMILES string of the molecule is COc1cc(N)ccc1N1CCNC1=O. The lowest BCUT2D eigenvalue weighted by Crippen LogP contribution is -2.28. The number of nitrogens with one attached hydrogen (secondary N) is 1. The lowest BCUT2D eigenvalue weighted by atomic mass is 10.2. The van der Waals surface area contributed by atoms with Crippen LogP contribution in [0.3, 0.4) is 0 Å². The highest BCUT2D eigenvalue weighted by molar-refractivity contribution is 5.95. The Morgan fingerprint density at radius 3 is 2.93 bits per heavy atom. The molecule has 0 aliphatic carbocycles. The van der Waals surface area contributed by atoms with Crippen LogP contribution in [-0.2, 0) is 0 Å². The molecule has 0 unspecified atom stereocenters. The summed E-state index contributed by atoms with van der Waals surface area (Å²) in [6, 6.07) is 5.15. The molecule has 5 nitrogen and oxygen atoms in total. The molecular weight excluding hydrogens is 194 g/mol. The number of hydrogen-bond acceptors (Lipinski definition) is 3. The van der Waals surface area contributed by atoms with Gasteiger partial charge in [-0.25, -0.2) is 4.79 Å². The average Bonchev–Trinajstić information content (AvgIpc) is 2.64. The third kappa shape index (κ3) is 1.68. The van der Waals surface area contributed by atoms with Crippen LogP contribution in [0.5, 0.6) is 5.75 Å². The largest absolute Gasteiger partial charge is 0.494 e. The predicted molar refractivity (Wildman–Crippen MR) is 58.2 cm³/mol. The van der Waals surface area contributed by atoms with Gasteiger partial charge in [-0.15, -0.1) is 0 Å². The number of methoxy groups -OCH3 is 1. The number of nitrogens with zero attached hydrogens (tertiary/aromatic N) is 1. The zero-order chi connectivity index (χ0) is 10.8. The molecule has 1 saturated heterocycles. The van der Waals surface area contributed by atoms with Crippen LogP contribution in [0.15, 0.2) is 18.2 Å². The molecule has 5 heteroatoms. The quantitative estimate of drug-likeness (QED) is 0.705. The summed E-state index contributed by atoms with van der Waals surface area (Å²) in [6.45, 7) is 1.31. The maximum atomic E-state index is 11.5. The Morgan fingerprint density at radius 1 is 1.53 bits per heavy atom. The predicted octanol–water partition coefficient (Wildman–Crippen LogP) is 0.807. The van der Waals surface area contributed by atoms with Crippen LogP contribution in [0, 0.1) is 0 Å². The van der Waals surface area contributed by atoms with Crippen LogP contribution in [0.4, 0.5) is 16.2 Å². The second-order valence-corrected chi connectivity index (χ2v) is 3.31. The number of urea groups is 1. The zero-order valence-electron chi connectivity index (χ0n) is 8.49.